The quantitative estimate of drug-likeness (QED) is 0.465. The molecule has 0 saturated heterocycles. The van der Waals surface area contributed by atoms with Crippen LogP contribution in [0.4, 0.5) is 0 Å². The Hall–Kier alpha value is 0.0900. The van der Waals surface area contributed by atoms with Gasteiger partial charge in [0.25, 0.3) is 0 Å². The zero-order valence-electron chi connectivity index (χ0n) is 4.72. The van der Waals surface area contributed by atoms with Crippen LogP contribution in [0.5, 0.6) is 0 Å². The van der Waals surface area contributed by atoms with Crippen molar-refractivity contribution in [2.24, 2.45) is 5.92 Å². The number of rotatable bonds is 0. The van der Waals surface area contributed by atoms with E-state index < -0.39 is 0 Å². The minimum Gasteiger partial charge on any atom is -0.131 e. The molecule has 7 heavy (non-hydrogen) atoms. The lowest BCUT2D eigenvalue weighted by molar-refractivity contribution is 0.730. The predicted octanol–water partition coefficient (Wildman–Crippen LogP) is 2.27. The van der Waals surface area contributed by atoms with Gasteiger partial charge in [-0.15, -0.1) is 11.8 Å². The Morgan fingerprint density at radius 2 is 2.14 bits per heavy atom. The molecule has 1 rings (SSSR count). The zero-order chi connectivity index (χ0) is 5.28. The summed E-state index contributed by atoms with van der Waals surface area (Å²) >= 11 is 1.92. The molecule has 40 valence electrons. The third kappa shape index (κ3) is 1.00. The number of hydrogen-bond acceptors (Lipinski definition) is 1. The first-order chi connectivity index (χ1) is 3.30. The van der Waals surface area contributed by atoms with Crippen molar-refractivity contribution < 1.29 is 0 Å². The highest BCUT2D eigenvalue weighted by Crippen LogP contribution is 2.27. The van der Waals surface area contributed by atoms with Crippen molar-refractivity contribution in [2.45, 2.75) is 19.1 Å². The van der Waals surface area contributed by atoms with Crippen LogP contribution in [0.25, 0.3) is 0 Å². The van der Waals surface area contributed by atoms with Crippen molar-refractivity contribution in [1.82, 2.24) is 0 Å². The molecule has 2 atom stereocenters. The van der Waals surface area contributed by atoms with Crippen molar-refractivity contribution in [3.8, 4) is 0 Å². The van der Waals surface area contributed by atoms with Crippen LogP contribution in [0.3, 0.4) is 0 Å². The van der Waals surface area contributed by atoms with E-state index in [0.29, 0.717) is 0 Å². The van der Waals surface area contributed by atoms with Gasteiger partial charge < -0.3 is 0 Å². The summed E-state index contributed by atoms with van der Waals surface area (Å²) in [5.74, 6) is 0.796. The number of allylic oxidation sites excluding steroid dienone is 1. The third-order valence-corrected chi connectivity index (χ3v) is 2.59. The highest BCUT2D eigenvalue weighted by atomic mass is 32.2. The Kier molecular flexibility index (Phi) is 1.43. The van der Waals surface area contributed by atoms with E-state index in [4.69, 9.17) is 0 Å². The van der Waals surface area contributed by atoms with Gasteiger partial charge in [-0.05, 0) is 11.3 Å². The summed E-state index contributed by atoms with van der Waals surface area (Å²) in [6.07, 6.45) is 2.26. The van der Waals surface area contributed by atoms with E-state index >= 15 is 0 Å². The van der Waals surface area contributed by atoms with Gasteiger partial charge in [0, 0.05) is 5.25 Å². The molecule has 0 fully saturated rings. The van der Waals surface area contributed by atoms with E-state index in [1.807, 2.05) is 11.8 Å². The molecule has 0 unspecified atom stereocenters. The van der Waals surface area contributed by atoms with Crippen LogP contribution in [0.2, 0.25) is 0 Å². The molecular weight excluding hydrogens is 104 g/mol. The van der Waals surface area contributed by atoms with Gasteiger partial charge >= 0.3 is 0 Å². The predicted molar refractivity (Wildman–Crippen MR) is 35.4 cm³/mol. The fourth-order valence-corrected chi connectivity index (χ4v) is 1.50. The lowest BCUT2D eigenvalue weighted by atomic mass is 10.1. The normalized spacial score (nSPS) is 39.7. The SMILES string of the molecule is C[C@@H]1SC=C[C@@H]1C. The van der Waals surface area contributed by atoms with Crippen LogP contribution in [-0.4, -0.2) is 5.25 Å². The van der Waals surface area contributed by atoms with E-state index in [9.17, 15) is 0 Å². The fourth-order valence-electron chi connectivity index (χ4n) is 0.574. The van der Waals surface area contributed by atoms with Crippen LogP contribution in [0, 0.1) is 5.92 Å². The van der Waals surface area contributed by atoms with Crippen LogP contribution in [-0.2, 0) is 0 Å². The van der Waals surface area contributed by atoms with Crippen molar-refractivity contribution in [3.05, 3.63) is 11.5 Å². The highest BCUT2D eigenvalue weighted by molar-refractivity contribution is 8.02. The molecule has 0 aliphatic carbocycles. The van der Waals surface area contributed by atoms with E-state index in [1.165, 1.54) is 0 Å². The van der Waals surface area contributed by atoms with Crippen molar-refractivity contribution in [2.75, 3.05) is 0 Å². The Labute approximate surface area is 49.0 Å². The Balaban J connectivity index is 2.45. The van der Waals surface area contributed by atoms with Gasteiger partial charge in [-0.25, -0.2) is 0 Å². The molecule has 1 aliphatic heterocycles. The molecule has 1 heteroatoms. The molecule has 1 heterocycles. The van der Waals surface area contributed by atoms with Crippen LogP contribution in [0.1, 0.15) is 13.8 Å². The Bertz CT molecular complexity index is 86.2. The Morgan fingerprint density at radius 1 is 1.43 bits per heavy atom. The Morgan fingerprint density at radius 3 is 2.29 bits per heavy atom. The fraction of sp³-hybridized carbons (Fsp3) is 0.667. The van der Waals surface area contributed by atoms with Gasteiger partial charge in [-0.3, -0.25) is 0 Å². The monoisotopic (exact) mass is 114 g/mol. The maximum atomic E-state index is 2.26. The molecular formula is C6H10S. The maximum Gasteiger partial charge on any atom is 0.0120 e. The first-order valence-electron chi connectivity index (χ1n) is 2.63. The summed E-state index contributed by atoms with van der Waals surface area (Å²) in [5, 5.41) is 3.01. The second kappa shape index (κ2) is 1.91. The van der Waals surface area contributed by atoms with Crippen LogP contribution >= 0.6 is 11.8 Å². The third-order valence-electron chi connectivity index (χ3n) is 1.42. The standard InChI is InChI=1S/C6H10S/c1-5-3-4-7-6(5)2/h3-6H,1-2H3/t5-,6-/m0/s1. The molecule has 1 aliphatic rings. The van der Waals surface area contributed by atoms with Crippen LogP contribution in [0.15, 0.2) is 11.5 Å². The van der Waals surface area contributed by atoms with Crippen molar-refractivity contribution >= 4 is 11.8 Å². The average Bonchev–Trinajstić information content (AvgIpc) is 1.91. The van der Waals surface area contributed by atoms with Crippen LogP contribution < -0.4 is 0 Å². The topological polar surface area (TPSA) is 0 Å². The molecule has 0 bridgehead atoms. The summed E-state index contributed by atoms with van der Waals surface area (Å²) in [7, 11) is 0. The second-order valence-corrected chi connectivity index (χ2v) is 3.32. The minimum absolute atomic E-state index is 0.796. The second-order valence-electron chi connectivity index (χ2n) is 2.03. The lowest BCUT2D eigenvalue weighted by Gasteiger charge is -2.03. The van der Waals surface area contributed by atoms with E-state index in [1.54, 1.807) is 0 Å². The molecule has 0 spiro atoms. The molecule has 0 N–H and O–H groups in total. The first-order valence-corrected chi connectivity index (χ1v) is 3.57. The number of thioether (sulfide) groups is 1. The summed E-state index contributed by atoms with van der Waals surface area (Å²) in [5.41, 5.74) is 0. The summed E-state index contributed by atoms with van der Waals surface area (Å²) in [6, 6.07) is 0. The summed E-state index contributed by atoms with van der Waals surface area (Å²) in [6.45, 7) is 4.51. The summed E-state index contributed by atoms with van der Waals surface area (Å²) in [4.78, 5) is 0. The van der Waals surface area contributed by atoms with Gasteiger partial charge in [-0.1, -0.05) is 19.9 Å². The molecule has 0 aromatic heterocycles. The van der Waals surface area contributed by atoms with Crippen molar-refractivity contribution in [3.63, 3.8) is 0 Å². The number of hydrogen-bond donors (Lipinski definition) is 0. The van der Waals surface area contributed by atoms with Gasteiger partial charge in [0.15, 0.2) is 0 Å². The van der Waals surface area contributed by atoms with E-state index in [0.717, 1.165) is 11.2 Å². The van der Waals surface area contributed by atoms with E-state index in [2.05, 4.69) is 25.3 Å². The highest BCUT2D eigenvalue weighted by Gasteiger charge is 2.12. The maximum absolute atomic E-state index is 2.26. The zero-order valence-corrected chi connectivity index (χ0v) is 5.53. The molecule has 0 aromatic carbocycles. The minimum atomic E-state index is 0.796. The molecule has 0 aromatic rings. The first kappa shape index (κ1) is 5.23. The lowest BCUT2D eigenvalue weighted by Crippen LogP contribution is -1.99. The molecule has 0 saturated carbocycles. The summed E-state index contributed by atoms with van der Waals surface area (Å²) < 4.78 is 0. The van der Waals surface area contributed by atoms with E-state index in [-0.39, 0.29) is 0 Å². The molecule has 0 radical (unpaired) electrons. The molecule has 0 amide bonds. The van der Waals surface area contributed by atoms with Gasteiger partial charge in [0.2, 0.25) is 0 Å². The van der Waals surface area contributed by atoms with Crippen molar-refractivity contribution in [1.29, 1.82) is 0 Å². The van der Waals surface area contributed by atoms with Gasteiger partial charge in [-0.2, -0.15) is 0 Å². The molecule has 0 nitrogen and oxygen atoms in total. The smallest absolute Gasteiger partial charge is 0.0120 e. The largest absolute Gasteiger partial charge is 0.131 e. The average molecular weight is 114 g/mol. The van der Waals surface area contributed by atoms with Gasteiger partial charge in [0.1, 0.15) is 0 Å². The van der Waals surface area contributed by atoms with Gasteiger partial charge in [0.05, 0.1) is 0 Å².